The molecule has 0 unspecified atom stereocenters. The van der Waals surface area contributed by atoms with Crippen LogP contribution in [0.2, 0.25) is 0 Å². The van der Waals surface area contributed by atoms with E-state index < -0.39 is 0 Å². The minimum Gasteiger partial charge on any atom is -0.337 e. The van der Waals surface area contributed by atoms with Gasteiger partial charge in [-0.15, -0.1) is 5.10 Å². The Morgan fingerprint density at radius 3 is 2.50 bits per heavy atom. The summed E-state index contributed by atoms with van der Waals surface area (Å²) in [6.07, 6.45) is 4.71. The second kappa shape index (κ2) is 5.40. The van der Waals surface area contributed by atoms with Crippen LogP contribution in [0.15, 0.2) is 30.5 Å². The fraction of sp³-hybridized carbons (Fsp3) is 0.357. The number of nitrogens with zero attached hydrogens (tertiary/aromatic N) is 4. The van der Waals surface area contributed by atoms with E-state index in [4.69, 9.17) is 0 Å². The average Bonchev–Trinajstić information content (AvgIpc) is 2.98. The van der Waals surface area contributed by atoms with E-state index in [1.165, 1.54) is 29.5 Å². The number of rotatable bonds is 2. The van der Waals surface area contributed by atoms with Crippen molar-refractivity contribution in [3.05, 3.63) is 42.0 Å². The molecule has 1 aromatic heterocycles. The molecule has 5 nitrogen and oxygen atoms in total. The largest absolute Gasteiger partial charge is 0.337 e. The van der Waals surface area contributed by atoms with Crippen LogP contribution in [0.5, 0.6) is 0 Å². The van der Waals surface area contributed by atoms with E-state index in [1.807, 2.05) is 4.90 Å². The summed E-state index contributed by atoms with van der Waals surface area (Å²) in [7, 11) is 0. The fourth-order valence-corrected chi connectivity index (χ4v) is 2.32. The first-order valence-corrected chi connectivity index (χ1v) is 6.71. The number of aromatic nitrogens is 3. The van der Waals surface area contributed by atoms with Crippen molar-refractivity contribution in [2.45, 2.75) is 19.3 Å². The first kappa shape index (κ1) is 12.8. The predicted molar refractivity (Wildman–Crippen MR) is 71.1 cm³/mol. The lowest BCUT2D eigenvalue weighted by Gasteiger charge is -2.25. The molecule has 1 fully saturated rings. The molecule has 0 aliphatic carbocycles. The second-order valence-electron chi connectivity index (χ2n) is 4.85. The zero-order valence-electron chi connectivity index (χ0n) is 11.0. The molecule has 1 aliphatic heterocycles. The minimum atomic E-state index is -0.314. The number of hydrogen-bond acceptors (Lipinski definition) is 3. The Labute approximate surface area is 116 Å². The number of piperidine rings is 1. The van der Waals surface area contributed by atoms with E-state index in [-0.39, 0.29) is 11.7 Å². The van der Waals surface area contributed by atoms with Crippen LogP contribution in [0.1, 0.15) is 29.8 Å². The van der Waals surface area contributed by atoms with E-state index >= 15 is 0 Å². The minimum absolute atomic E-state index is 0.0851. The van der Waals surface area contributed by atoms with E-state index in [0.717, 1.165) is 25.9 Å². The topological polar surface area (TPSA) is 51.0 Å². The average molecular weight is 274 g/mol. The normalized spacial score (nSPS) is 15.3. The molecule has 3 rings (SSSR count). The number of carbonyl (C=O) groups is 1. The molecule has 1 aromatic carbocycles. The highest BCUT2D eigenvalue weighted by Crippen LogP contribution is 2.12. The summed E-state index contributed by atoms with van der Waals surface area (Å²) in [5.41, 5.74) is 0.959. The van der Waals surface area contributed by atoms with Crippen LogP contribution in [-0.2, 0) is 0 Å². The van der Waals surface area contributed by atoms with Crippen molar-refractivity contribution in [1.82, 2.24) is 19.9 Å². The van der Waals surface area contributed by atoms with Gasteiger partial charge in [0, 0.05) is 13.1 Å². The van der Waals surface area contributed by atoms with Gasteiger partial charge in [-0.25, -0.2) is 4.39 Å². The molecule has 0 N–H and O–H groups in total. The Kier molecular flexibility index (Phi) is 3.45. The van der Waals surface area contributed by atoms with Gasteiger partial charge < -0.3 is 4.90 Å². The van der Waals surface area contributed by atoms with Crippen LogP contribution >= 0.6 is 0 Å². The first-order chi connectivity index (χ1) is 9.74. The predicted octanol–water partition coefficient (Wildman–Crippen LogP) is 2.03. The number of carbonyl (C=O) groups excluding carboxylic acids is 1. The monoisotopic (exact) mass is 274 g/mol. The number of hydrogen-bond donors (Lipinski definition) is 0. The van der Waals surface area contributed by atoms with Gasteiger partial charge in [-0.05, 0) is 43.5 Å². The Bertz CT molecular complexity index is 602. The molecule has 1 saturated heterocycles. The lowest BCUT2D eigenvalue weighted by molar-refractivity contribution is 0.0718. The van der Waals surface area contributed by atoms with Gasteiger partial charge in [0.15, 0.2) is 5.69 Å². The molecule has 2 aromatic rings. The Morgan fingerprint density at radius 1 is 1.10 bits per heavy atom. The molecule has 6 heteroatoms. The molecule has 0 atom stereocenters. The van der Waals surface area contributed by atoms with Crippen LogP contribution < -0.4 is 0 Å². The maximum atomic E-state index is 12.9. The van der Waals surface area contributed by atoms with Gasteiger partial charge in [0.1, 0.15) is 5.82 Å². The van der Waals surface area contributed by atoms with E-state index in [1.54, 1.807) is 12.1 Å². The summed E-state index contributed by atoms with van der Waals surface area (Å²) in [5, 5.41) is 8.24. The van der Waals surface area contributed by atoms with E-state index in [0.29, 0.717) is 11.4 Å². The Morgan fingerprint density at radius 2 is 1.80 bits per heavy atom. The maximum absolute atomic E-state index is 12.9. The maximum Gasteiger partial charge on any atom is 0.276 e. The van der Waals surface area contributed by atoms with Crippen molar-refractivity contribution < 1.29 is 9.18 Å². The van der Waals surface area contributed by atoms with Crippen LogP contribution in [0, 0.1) is 5.82 Å². The zero-order valence-corrected chi connectivity index (χ0v) is 11.0. The number of likely N-dealkylation sites (tertiary alicyclic amines) is 1. The van der Waals surface area contributed by atoms with Crippen molar-refractivity contribution >= 4 is 5.91 Å². The molecule has 1 amide bonds. The number of benzene rings is 1. The van der Waals surface area contributed by atoms with Crippen LogP contribution in [0.25, 0.3) is 5.69 Å². The standard InChI is InChI=1S/C14H15FN4O/c15-11-4-6-12(7-5-11)19-16-10-13(17-19)14(20)18-8-2-1-3-9-18/h4-7,10H,1-3,8-9H2. The van der Waals surface area contributed by atoms with Gasteiger partial charge in [-0.3, -0.25) is 4.79 Å². The Balaban J connectivity index is 1.79. The summed E-state index contributed by atoms with van der Waals surface area (Å²) in [6, 6.07) is 5.82. The zero-order chi connectivity index (χ0) is 13.9. The van der Waals surface area contributed by atoms with E-state index in [9.17, 15) is 9.18 Å². The smallest absolute Gasteiger partial charge is 0.276 e. The van der Waals surface area contributed by atoms with Gasteiger partial charge in [0.25, 0.3) is 5.91 Å². The second-order valence-corrected chi connectivity index (χ2v) is 4.85. The summed E-state index contributed by atoms with van der Waals surface area (Å²) in [4.78, 5) is 15.4. The summed E-state index contributed by atoms with van der Waals surface area (Å²) in [6.45, 7) is 1.56. The van der Waals surface area contributed by atoms with Crippen molar-refractivity contribution in [3.8, 4) is 5.69 Å². The van der Waals surface area contributed by atoms with Crippen LogP contribution in [0.4, 0.5) is 4.39 Å². The van der Waals surface area contributed by atoms with Crippen molar-refractivity contribution in [3.63, 3.8) is 0 Å². The molecule has 104 valence electrons. The SMILES string of the molecule is O=C(c1cnn(-c2ccc(F)cc2)n1)N1CCCCC1. The summed E-state index contributed by atoms with van der Waals surface area (Å²) in [5.74, 6) is -0.399. The Hall–Kier alpha value is -2.24. The molecule has 0 bridgehead atoms. The summed E-state index contributed by atoms with van der Waals surface area (Å²) >= 11 is 0. The van der Waals surface area contributed by atoms with Gasteiger partial charge in [0.2, 0.25) is 0 Å². The summed E-state index contributed by atoms with van der Waals surface area (Å²) < 4.78 is 12.9. The van der Waals surface area contributed by atoms with Gasteiger partial charge in [-0.1, -0.05) is 0 Å². The highest BCUT2D eigenvalue weighted by Gasteiger charge is 2.20. The molecule has 0 spiro atoms. The lowest BCUT2D eigenvalue weighted by Crippen LogP contribution is -2.35. The van der Waals surface area contributed by atoms with Gasteiger partial charge >= 0.3 is 0 Å². The molecular weight excluding hydrogens is 259 g/mol. The molecule has 2 heterocycles. The molecular formula is C14H15FN4O. The van der Waals surface area contributed by atoms with E-state index in [2.05, 4.69) is 10.2 Å². The van der Waals surface area contributed by atoms with Gasteiger partial charge in [0.05, 0.1) is 11.9 Å². The quantitative estimate of drug-likeness (QED) is 0.842. The molecule has 0 saturated carbocycles. The van der Waals surface area contributed by atoms with Crippen molar-refractivity contribution in [1.29, 1.82) is 0 Å². The van der Waals surface area contributed by atoms with Crippen molar-refractivity contribution in [2.75, 3.05) is 13.1 Å². The molecule has 20 heavy (non-hydrogen) atoms. The van der Waals surface area contributed by atoms with Crippen molar-refractivity contribution in [2.24, 2.45) is 0 Å². The highest BCUT2D eigenvalue weighted by molar-refractivity contribution is 5.92. The number of amides is 1. The first-order valence-electron chi connectivity index (χ1n) is 6.71. The highest BCUT2D eigenvalue weighted by atomic mass is 19.1. The third kappa shape index (κ3) is 2.54. The third-order valence-corrected chi connectivity index (χ3v) is 3.41. The van der Waals surface area contributed by atoms with Crippen LogP contribution in [-0.4, -0.2) is 38.9 Å². The fourth-order valence-electron chi connectivity index (χ4n) is 2.32. The number of halogens is 1. The lowest BCUT2D eigenvalue weighted by atomic mass is 10.1. The molecule has 1 aliphatic rings. The molecule has 0 radical (unpaired) electrons. The van der Waals surface area contributed by atoms with Gasteiger partial charge in [-0.2, -0.15) is 9.90 Å². The van der Waals surface area contributed by atoms with Crippen LogP contribution in [0.3, 0.4) is 0 Å². The third-order valence-electron chi connectivity index (χ3n) is 3.41.